The lowest BCUT2D eigenvalue weighted by atomic mass is 10.1. The predicted octanol–water partition coefficient (Wildman–Crippen LogP) is 2.03. The Balaban J connectivity index is 1.57. The molecule has 1 amide bonds. The number of fused-ring (bicyclic) bond motifs is 1. The molecular weight excluding hydrogens is 400 g/mol. The number of nitrogens with one attached hydrogen (secondary N) is 1. The maximum absolute atomic E-state index is 13.0. The van der Waals surface area contributed by atoms with Crippen molar-refractivity contribution in [1.82, 2.24) is 5.32 Å². The van der Waals surface area contributed by atoms with Crippen LogP contribution in [0, 0.1) is 0 Å². The molecule has 1 unspecified atom stereocenters. The number of carbonyl (C=O) groups excluding carboxylic acids is 2. The van der Waals surface area contributed by atoms with Crippen molar-refractivity contribution < 1.29 is 32.2 Å². The first kappa shape index (κ1) is 19.1. The molecule has 0 spiro atoms. The van der Waals surface area contributed by atoms with E-state index in [1.165, 1.54) is 6.07 Å². The average Bonchev–Trinajstić information content (AvgIpc) is 3.18. The fraction of sp³-hybridized carbons (Fsp3) is 0.263. The molecule has 0 radical (unpaired) electrons. The number of amides is 1. The first-order valence-electron chi connectivity index (χ1n) is 8.89. The summed E-state index contributed by atoms with van der Waals surface area (Å²) in [7, 11) is -4.49. The van der Waals surface area contributed by atoms with Crippen molar-refractivity contribution in [3.63, 3.8) is 0 Å². The van der Waals surface area contributed by atoms with Crippen LogP contribution in [0.3, 0.4) is 0 Å². The van der Waals surface area contributed by atoms with E-state index in [1.807, 2.05) is 0 Å². The molecule has 0 aromatic heterocycles. The van der Waals surface area contributed by atoms with Crippen LogP contribution in [0.5, 0.6) is 5.75 Å². The van der Waals surface area contributed by atoms with Gasteiger partial charge in [0.25, 0.3) is 0 Å². The lowest BCUT2D eigenvalue weighted by Crippen LogP contribution is -2.51. The molecule has 2 aliphatic rings. The number of hydrogen-bond acceptors (Lipinski definition) is 7. The Bertz CT molecular complexity index is 1030. The molecule has 152 valence electrons. The number of ether oxygens (including phenoxy) is 3. The van der Waals surface area contributed by atoms with Crippen molar-refractivity contribution in [2.24, 2.45) is 0 Å². The highest BCUT2D eigenvalue weighted by atomic mass is 32.2. The van der Waals surface area contributed by atoms with Gasteiger partial charge in [-0.25, -0.2) is 9.59 Å². The molecule has 1 saturated heterocycles. The van der Waals surface area contributed by atoms with Gasteiger partial charge >= 0.3 is 21.4 Å². The summed E-state index contributed by atoms with van der Waals surface area (Å²) in [5.74, 6) is 0.270. The summed E-state index contributed by atoms with van der Waals surface area (Å²) in [5, 5.41) is 1.14. The second-order valence-electron chi connectivity index (χ2n) is 6.51. The van der Waals surface area contributed by atoms with Crippen molar-refractivity contribution in [1.29, 1.82) is 0 Å². The number of nitrogens with zero attached hydrogens (tertiary/aromatic N) is 1. The van der Waals surface area contributed by atoms with Crippen LogP contribution in [-0.4, -0.2) is 45.1 Å². The molecule has 10 heteroatoms. The van der Waals surface area contributed by atoms with Gasteiger partial charge in [-0.05, 0) is 17.7 Å². The van der Waals surface area contributed by atoms with Gasteiger partial charge in [0, 0.05) is 0 Å². The van der Waals surface area contributed by atoms with E-state index >= 15 is 0 Å². The van der Waals surface area contributed by atoms with Crippen LogP contribution in [0.4, 0.5) is 15.3 Å². The van der Waals surface area contributed by atoms with Crippen LogP contribution < -0.4 is 14.4 Å². The standard InChI is InChI=1S/C19H18N2O7S/c22-18-20-10-16(28-18)17-11-21(14-8-4-5-9-15(14)27-17)29(24,25)19(23)26-12-13-6-2-1-3-7-13/h1-9,16-17H,10-12H2,(H,20,22)/t16?,17-/m1/s1. The van der Waals surface area contributed by atoms with E-state index in [9.17, 15) is 18.0 Å². The maximum atomic E-state index is 13.0. The summed E-state index contributed by atoms with van der Waals surface area (Å²) in [4.78, 5) is 23.8. The van der Waals surface area contributed by atoms with E-state index in [0.717, 1.165) is 4.31 Å². The highest BCUT2D eigenvalue weighted by Gasteiger charge is 2.43. The topological polar surface area (TPSA) is 111 Å². The molecule has 4 rings (SSSR count). The Labute approximate surface area is 167 Å². The lowest BCUT2D eigenvalue weighted by molar-refractivity contribution is 0.0493. The summed E-state index contributed by atoms with van der Waals surface area (Å²) >= 11 is 0. The van der Waals surface area contributed by atoms with Gasteiger partial charge in [-0.2, -0.15) is 8.42 Å². The SMILES string of the molecule is O=C1NCC([C@H]2CN(S(=O)(=O)C(=O)OCc3ccccc3)c3ccccc3O2)O1. The van der Waals surface area contributed by atoms with E-state index in [4.69, 9.17) is 14.2 Å². The number of rotatable bonds is 4. The second-order valence-corrected chi connectivity index (χ2v) is 8.23. The molecule has 9 nitrogen and oxygen atoms in total. The van der Waals surface area contributed by atoms with E-state index < -0.39 is 33.6 Å². The van der Waals surface area contributed by atoms with Crippen LogP contribution in [0.2, 0.25) is 0 Å². The number of para-hydroxylation sites is 2. The molecule has 2 aromatic rings. The van der Waals surface area contributed by atoms with Crippen molar-refractivity contribution in [2.75, 3.05) is 17.4 Å². The molecule has 0 aliphatic carbocycles. The highest BCUT2D eigenvalue weighted by Crippen LogP contribution is 2.36. The Morgan fingerprint density at radius 1 is 1.07 bits per heavy atom. The van der Waals surface area contributed by atoms with E-state index in [2.05, 4.69) is 5.32 Å². The first-order valence-corrected chi connectivity index (χ1v) is 10.3. The summed E-state index contributed by atoms with van der Waals surface area (Å²) in [5.41, 5.74) is 0.887. The molecular formula is C19H18N2O7S. The molecule has 0 bridgehead atoms. The van der Waals surface area contributed by atoms with Gasteiger partial charge in [-0.15, -0.1) is 0 Å². The van der Waals surface area contributed by atoms with Crippen LogP contribution in [0.1, 0.15) is 5.56 Å². The Hall–Kier alpha value is -3.27. The number of cyclic esters (lactones) is 1. The fourth-order valence-corrected chi connectivity index (χ4v) is 4.28. The van der Waals surface area contributed by atoms with Crippen molar-refractivity contribution in [2.45, 2.75) is 18.8 Å². The van der Waals surface area contributed by atoms with Gasteiger partial charge in [0.05, 0.1) is 18.8 Å². The van der Waals surface area contributed by atoms with E-state index in [0.29, 0.717) is 5.56 Å². The minimum atomic E-state index is -4.49. The minimum absolute atomic E-state index is 0.168. The quantitative estimate of drug-likeness (QED) is 0.756. The number of benzene rings is 2. The Morgan fingerprint density at radius 2 is 1.79 bits per heavy atom. The Kier molecular flexibility index (Phi) is 5.01. The maximum Gasteiger partial charge on any atom is 0.445 e. The zero-order valence-corrected chi connectivity index (χ0v) is 16.0. The normalized spacial score (nSPS) is 20.8. The van der Waals surface area contributed by atoms with Crippen LogP contribution in [0.25, 0.3) is 0 Å². The van der Waals surface area contributed by atoms with Crippen LogP contribution in [0.15, 0.2) is 54.6 Å². The van der Waals surface area contributed by atoms with Gasteiger partial charge in [0.2, 0.25) is 0 Å². The average molecular weight is 418 g/mol. The largest absolute Gasteiger partial charge is 0.482 e. The third-order valence-electron chi connectivity index (χ3n) is 4.58. The summed E-state index contributed by atoms with van der Waals surface area (Å²) in [6.07, 6.45) is -2.07. The smallest absolute Gasteiger partial charge is 0.445 e. The van der Waals surface area contributed by atoms with Gasteiger partial charge in [0.15, 0.2) is 12.2 Å². The summed E-state index contributed by atoms with van der Waals surface area (Å²) in [6.45, 7) is -0.185. The third-order valence-corrected chi connectivity index (χ3v) is 6.04. The van der Waals surface area contributed by atoms with Crippen molar-refractivity contribution in [3.8, 4) is 5.75 Å². The minimum Gasteiger partial charge on any atom is -0.482 e. The Morgan fingerprint density at radius 3 is 2.52 bits per heavy atom. The number of sulfonamides is 1. The zero-order chi connectivity index (χ0) is 20.4. The van der Waals surface area contributed by atoms with Crippen molar-refractivity contribution >= 4 is 27.1 Å². The molecule has 2 aromatic carbocycles. The second kappa shape index (κ2) is 7.63. The summed E-state index contributed by atoms with van der Waals surface area (Å²) < 4.78 is 42.9. The molecule has 0 saturated carbocycles. The predicted molar refractivity (Wildman–Crippen MR) is 102 cm³/mol. The molecule has 2 aliphatic heterocycles. The molecule has 1 N–H and O–H groups in total. The molecule has 29 heavy (non-hydrogen) atoms. The first-order chi connectivity index (χ1) is 13.9. The number of hydrogen-bond donors (Lipinski definition) is 1. The van der Waals surface area contributed by atoms with Gasteiger partial charge in [-0.1, -0.05) is 42.5 Å². The van der Waals surface area contributed by atoms with Crippen LogP contribution in [-0.2, 0) is 26.1 Å². The molecule has 2 atom stereocenters. The monoisotopic (exact) mass is 418 g/mol. The number of alkyl carbamates (subject to hydrolysis) is 1. The number of carbonyl (C=O) groups is 2. The van der Waals surface area contributed by atoms with Gasteiger partial charge in [0.1, 0.15) is 12.4 Å². The van der Waals surface area contributed by atoms with E-state index in [1.54, 1.807) is 48.5 Å². The fourth-order valence-electron chi connectivity index (χ4n) is 3.14. The third kappa shape index (κ3) is 3.83. The van der Waals surface area contributed by atoms with Crippen LogP contribution >= 0.6 is 0 Å². The highest BCUT2D eigenvalue weighted by molar-refractivity contribution is 8.06. The summed E-state index contributed by atoms with van der Waals surface area (Å²) in [6, 6.07) is 15.2. The molecule has 2 heterocycles. The van der Waals surface area contributed by atoms with E-state index in [-0.39, 0.29) is 31.1 Å². The number of anilines is 1. The lowest BCUT2D eigenvalue weighted by Gasteiger charge is -2.36. The van der Waals surface area contributed by atoms with Gasteiger partial charge in [-0.3, -0.25) is 4.31 Å². The van der Waals surface area contributed by atoms with Gasteiger partial charge < -0.3 is 19.5 Å². The van der Waals surface area contributed by atoms with Crippen molar-refractivity contribution in [3.05, 3.63) is 60.2 Å². The molecule has 1 fully saturated rings. The zero-order valence-electron chi connectivity index (χ0n) is 15.2.